The van der Waals surface area contributed by atoms with Crippen molar-refractivity contribution in [3.05, 3.63) is 35.4 Å². The molecule has 0 aromatic heterocycles. The molecule has 0 saturated heterocycles. The Labute approximate surface area is 98.3 Å². The van der Waals surface area contributed by atoms with Crippen LogP contribution in [-0.4, -0.2) is 6.54 Å². The molecule has 0 bridgehead atoms. The minimum Gasteiger partial charge on any atom is -0.310 e. The van der Waals surface area contributed by atoms with Crippen LogP contribution in [-0.2, 0) is 0 Å². The highest BCUT2D eigenvalue weighted by Gasteiger charge is 2.12. The van der Waals surface area contributed by atoms with Gasteiger partial charge in [0.2, 0.25) is 0 Å². The van der Waals surface area contributed by atoms with Gasteiger partial charge in [0.05, 0.1) is 11.6 Å². The topological polar surface area (TPSA) is 35.8 Å². The third-order valence-electron chi connectivity index (χ3n) is 2.48. The Bertz CT molecular complexity index is 365. The van der Waals surface area contributed by atoms with Crippen LogP contribution >= 0.6 is 0 Å². The monoisotopic (exact) mass is 216 g/mol. The highest BCUT2D eigenvalue weighted by Crippen LogP contribution is 2.16. The highest BCUT2D eigenvalue weighted by atomic mass is 14.9. The Hall–Kier alpha value is -1.33. The van der Waals surface area contributed by atoms with E-state index in [9.17, 15) is 0 Å². The van der Waals surface area contributed by atoms with Gasteiger partial charge >= 0.3 is 0 Å². The first-order valence-electron chi connectivity index (χ1n) is 5.66. The van der Waals surface area contributed by atoms with E-state index in [-0.39, 0.29) is 0 Å². The summed E-state index contributed by atoms with van der Waals surface area (Å²) >= 11 is 0. The Morgan fingerprint density at radius 3 is 2.25 bits per heavy atom. The van der Waals surface area contributed by atoms with Gasteiger partial charge in [0, 0.05) is 12.6 Å². The summed E-state index contributed by atoms with van der Waals surface area (Å²) in [6.45, 7) is 9.77. The molecule has 1 atom stereocenters. The van der Waals surface area contributed by atoms with Crippen LogP contribution in [0.2, 0.25) is 0 Å². The van der Waals surface area contributed by atoms with Gasteiger partial charge in [-0.2, -0.15) is 5.26 Å². The molecule has 0 aliphatic rings. The zero-order valence-electron chi connectivity index (χ0n) is 10.5. The van der Waals surface area contributed by atoms with E-state index in [1.807, 2.05) is 24.3 Å². The predicted molar refractivity (Wildman–Crippen MR) is 67.0 cm³/mol. The molecule has 16 heavy (non-hydrogen) atoms. The van der Waals surface area contributed by atoms with Gasteiger partial charge in [-0.05, 0) is 30.0 Å². The Morgan fingerprint density at radius 1 is 1.25 bits per heavy atom. The summed E-state index contributed by atoms with van der Waals surface area (Å²) in [5.41, 5.74) is 2.23. The van der Waals surface area contributed by atoms with Crippen LogP contribution < -0.4 is 5.32 Å². The summed E-state index contributed by atoms with van der Waals surface area (Å²) in [6, 6.07) is 10.2. The fourth-order valence-corrected chi connectivity index (χ4v) is 1.42. The quantitative estimate of drug-likeness (QED) is 0.841. The largest absolute Gasteiger partial charge is 0.310 e. The number of hydrogen-bond acceptors (Lipinski definition) is 2. The summed E-state index contributed by atoms with van der Waals surface area (Å²) in [6.07, 6.45) is 0. The number of hydrogen-bond donors (Lipinski definition) is 1. The summed E-state index contributed by atoms with van der Waals surface area (Å²) in [5.74, 6) is 0. The smallest absolute Gasteiger partial charge is 0.0991 e. The van der Waals surface area contributed by atoms with Crippen LogP contribution in [0.4, 0.5) is 0 Å². The van der Waals surface area contributed by atoms with E-state index in [0.29, 0.717) is 17.0 Å². The predicted octanol–water partition coefficient (Wildman–Crippen LogP) is 3.25. The van der Waals surface area contributed by atoms with E-state index in [4.69, 9.17) is 5.26 Å². The van der Waals surface area contributed by atoms with E-state index in [0.717, 1.165) is 6.54 Å². The second-order valence-electron chi connectivity index (χ2n) is 5.40. The van der Waals surface area contributed by atoms with Gasteiger partial charge in [0.15, 0.2) is 0 Å². The molecule has 0 heterocycles. The molecule has 0 fully saturated rings. The third kappa shape index (κ3) is 4.04. The summed E-state index contributed by atoms with van der Waals surface area (Å²) in [5, 5.41) is 12.2. The molecule has 0 radical (unpaired) electrons. The van der Waals surface area contributed by atoms with Crippen molar-refractivity contribution in [2.75, 3.05) is 6.54 Å². The van der Waals surface area contributed by atoms with Crippen molar-refractivity contribution in [2.45, 2.75) is 33.7 Å². The Kier molecular flexibility index (Phi) is 4.09. The molecule has 86 valence electrons. The lowest BCUT2D eigenvalue weighted by atomic mass is 9.96. The fourth-order valence-electron chi connectivity index (χ4n) is 1.42. The van der Waals surface area contributed by atoms with Gasteiger partial charge in [0.25, 0.3) is 0 Å². The lowest BCUT2D eigenvalue weighted by molar-refractivity contribution is 0.359. The standard InChI is InChI=1S/C14H20N2/c1-11(16-10-14(2,3)4)13-7-5-12(9-15)6-8-13/h5-8,11,16H,10H2,1-4H3. The van der Waals surface area contributed by atoms with Crippen LogP contribution in [0.1, 0.15) is 44.9 Å². The molecule has 0 amide bonds. The van der Waals surface area contributed by atoms with Crippen molar-refractivity contribution in [1.29, 1.82) is 5.26 Å². The minimum atomic E-state index is 0.293. The van der Waals surface area contributed by atoms with Crippen LogP contribution in [0.15, 0.2) is 24.3 Å². The summed E-state index contributed by atoms with van der Waals surface area (Å²) < 4.78 is 0. The molecule has 1 aromatic rings. The first kappa shape index (κ1) is 12.7. The zero-order chi connectivity index (χ0) is 12.2. The lowest BCUT2D eigenvalue weighted by Crippen LogP contribution is -2.29. The Balaban J connectivity index is 2.60. The SMILES string of the molecule is CC(NCC(C)(C)C)c1ccc(C#N)cc1. The minimum absolute atomic E-state index is 0.293. The number of rotatable bonds is 3. The average Bonchev–Trinajstić information content (AvgIpc) is 2.25. The van der Waals surface area contributed by atoms with Crippen molar-refractivity contribution in [3.63, 3.8) is 0 Å². The van der Waals surface area contributed by atoms with E-state index in [1.54, 1.807) is 0 Å². The Morgan fingerprint density at radius 2 is 1.81 bits per heavy atom. The van der Waals surface area contributed by atoms with Gasteiger partial charge in [-0.1, -0.05) is 32.9 Å². The van der Waals surface area contributed by atoms with Gasteiger partial charge in [-0.25, -0.2) is 0 Å². The van der Waals surface area contributed by atoms with Crippen LogP contribution in [0, 0.1) is 16.7 Å². The molecule has 1 aromatic carbocycles. The van der Waals surface area contributed by atoms with E-state index in [2.05, 4.69) is 39.1 Å². The normalized spacial score (nSPS) is 13.2. The second kappa shape index (κ2) is 5.14. The number of nitriles is 1. The number of nitrogens with zero attached hydrogens (tertiary/aromatic N) is 1. The maximum Gasteiger partial charge on any atom is 0.0991 e. The first-order valence-corrected chi connectivity index (χ1v) is 5.66. The van der Waals surface area contributed by atoms with Crippen molar-refractivity contribution < 1.29 is 0 Å². The molecule has 0 saturated carbocycles. The molecule has 1 unspecified atom stereocenters. The molecule has 1 N–H and O–H groups in total. The maximum absolute atomic E-state index is 8.71. The lowest BCUT2D eigenvalue weighted by Gasteiger charge is -2.22. The molecular weight excluding hydrogens is 196 g/mol. The summed E-state index contributed by atoms with van der Waals surface area (Å²) in [7, 11) is 0. The number of benzene rings is 1. The van der Waals surface area contributed by atoms with Crippen molar-refractivity contribution in [2.24, 2.45) is 5.41 Å². The van der Waals surface area contributed by atoms with Gasteiger partial charge < -0.3 is 5.32 Å². The first-order chi connectivity index (χ1) is 7.42. The highest BCUT2D eigenvalue weighted by molar-refractivity contribution is 5.32. The molecule has 2 nitrogen and oxygen atoms in total. The molecule has 0 aliphatic heterocycles. The van der Waals surface area contributed by atoms with E-state index >= 15 is 0 Å². The fraction of sp³-hybridized carbons (Fsp3) is 0.500. The number of nitrogens with one attached hydrogen (secondary N) is 1. The van der Waals surface area contributed by atoms with Crippen LogP contribution in [0.3, 0.4) is 0 Å². The van der Waals surface area contributed by atoms with Gasteiger partial charge in [-0.3, -0.25) is 0 Å². The van der Waals surface area contributed by atoms with Crippen molar-refractivity contribution in [1.82, 2.24) is 5.32 Å². The molecular formula is C14H20N2. The van der Waals surface area contributed by atoms with Crippen LogP contribution in [0.5, 0.6) is 0 Å². The second-order valence-corrected chi connectivity index (χ2v) is 5.40. The van der Waals surface area contributed by atoms with E-state index in [1.165, 1.54) is 5.56 Å². The maximum atomic E-state index is 8.71. The molecule has 0 aliphatic carbocycles. The van der Waals surface area contributed by atoms with Crippen molar-refractivity contribution >= 4 is 0 Å². The van der Waals surface area contributed by atoms with Gasteiger partial charge in [-0.15, -0.1) is 0 Å². The molecule has 0 spiro atoms. The molecule has 2 heteroatoms. The van der Waals surface area contributed by atoms with E-state index < -0.39 is 0 Å². The van der Waals surface area contributed by atoms with Crippen LogP contribution in [0.25, 0.3) is 0 Å². The third-order valence-corrected chi connectivity index (χ3v) is 2.48. The summed E-state index contributed by atoms with van der Waals surface area (Å²) in [4.78, 5) is 0. The molecule has 1 rings (SSSR count). The van der Waals surface area contributed by atoms with Crippen molar-refractivity contribution in [3.8, 4) is 6.07 Å². The zero-order valence-corrected chi connectivity index (χ0v) is 10.5. The van der Waals surface area contributed by atoms with Gasteiger partial charge in [0.1, 0.15) is 0 Å². The average molecular weight is 216 g/mol.